The van der Waals surface area contributed by atoms with Gasteiger partial charge in [0, 0.05) is 51.4 Å². The maximum Gasteiger partial charge on any atom is 0.253 e. The number of thioether (sulfide) groups is 1. The van der Waals surface area contributed by atoms with Gasteiger partial charge in [-0.2, -0.15) is 11.8 Å². The number of likely N-dealkylation sites (tertiary alicyclic amines) is 1. The summed E-state index contributed by atoms with van der Waals surface area (Å²) in [6, 6.07) is 8.25. The Kier molecular flexibility index (Phi) is 6.19. The van der Waals surface area contributed by atoms with Crippen molar-refractivity contribution in [3.05, 3.63) is 35.4 Å². The van der Waals surface area contributed by atoms with Crippen molar-refractivity contribution in [1.82, 2.24) is 14.7 Å². The summed E-state index contributed by atoms with van der Waals surface area (Å²) in [7, 11) is 2.18. The number of likely N-dealkylation sites (N-methyl/N-ethyl adjacent to an activating group) is 1. The second-order valence-corrected chi connectivity index (χ2v) is 8.05. The van der Waals surface area contributed by atoms with Crippen LogP contribution in [0.15, 0.2) is 24.3 Å². The van der Waals surface area contributed by atoms with Crippen LogP contribution in [0.1, 0.15) is 22.3 Å². The minimum Gasteiger partial charge on any atom is -0.338 e. The van der Waals surface area contributed by atoms with Crippen LogP contribution in [0.3, 0.4) is 0 Å². The molecule has 5 heteroatoms. The van der Waals surface area contributed by atoms with E-state index in [1.54, 1.807) is 0 Å². The molecule has 0 radical (unpaired) electrons. The molecule has 24 heavy (non-hydrogen) atoms. The van der Waals surface area contributed by atoms with E-state index >= 15 is 0 Å². The summed E-state index contributed by atoms with van der Waals surface area (Å²) in [4.78, 5) is 19.7. The molecule has 4 nitrogen and oxygen atoms in total. The molecule has 2 aliphatic rings. The second-order valence-electron chi connectivity index (χ2n) is 7.14. The number of hydrogen-bond acceptors (Lipinski definition) is 4. The predicted octanol–water partition coefficient (Wildman–Crippen LogP) is 2.26. The van der Waals surface area contributed by atoms with Gasteiger partial charge in [-0.05, 0) is 49.1 Å². The van der Waals surface area contributed by atoms with Crippen LogP contribution in [-0.2, 0) is 6.54 Å². The van der Waals surface area contributed by atoms with Crippen LogP contribution in [0.5, 0.6) is 0 Å². The molecule has 0 saturated carbocycles. The van der Waals surface area contributed by atoms with Gasteiger partial charge in [-0.1, -0.05) is 12.1 Å². The van der Waals surface area contributed by atoms with E-state index in [1.807, 2.05) is 28.8 Å². The molecule has 2 aliphatic heterocycles. The minimum absolute atomic E-state index is 0.207. The maximum atomic E-state index is 12.8. The first-order valence-electron chi connectivity index (χ1n) is 8.94. The third-order valence-electron chi connectivity index (χ3n) is 5.15. The molecule has 0 bridgehead atoms. The molecule has 2 heterocycles. The van der Waals surface area contributed by atoms with Gasteiger partial charge in [-0.3, -0.25) is 9.69 Å². The molecular formula is C19H29N3OS. The molecule has 132 valence electrons. The topological polar surface area (TPSA) is 26.8 Å². The van der Waals surface area contributed by atoms with Crippen LogP contribution >= 0.6 is 11.8 Å². The Balaban J connectivity index is 1.59. The van der Waals surface area contributed by atoms with Gasteiger partial charge in [0.25, 0.3) is 5.91 Å². The molecule has 1 atom stereocenters. The number of benzene rings is 1. The first-order chi connectivity index (χ1) is 11.7. The molecule has 2 saturated heterocycles. The number of nitrogens with zero attached hydrogens (tertiary/aromatic N) is 3. The molecule has 1 amide bonds. The van der Waals surface area contributed by atoms with Gasteiger partial charge in [0.2, 0.25) is 0 Å². The summed E-state index contributed by atoms with van der Waals surface area (Å²) in [5, 5.41) is 0. The Morgan fingerprint density at radius 3 is 2.75 bits per heavy atom. The van der Waals surface area contributed by atoms with Crippen molar-refractivity contribution in [2.75, 3.05) is 58.3 Å². The van der Waals surface area contributed by atoms with E-state index in [-0.39, 0.29) is 5.91 Å². The molecule has 0 spiro atoms. The van der Waals surface area contributed by atoms with E-state index in [1.165, 1.54) is 5.56 Å². The highest BCUT2D eigenvalue weighted by Gasteiger charge is 2.26. The van der Waals surface area contributed by atoms with Crippen molar-refractivity contribution in [2.24, 2.45) is 5.92 Å². The first-order valence-corrected chi connectivity index (χ1v) is 10.3. The van der Waals surface area contributed by atoms with Crippen LogP contribution in [0.4, 0.5) is 0 Å². The molecule has 0 N–H and O–H groups in total. The summed E-state index contributed by atoms with van der Waals surface area (Å²) in [5.74, 6) is 2.03. The number of piperazine rings is 1. The van der Waals surface area contributed by atoms with Crippen LogP contribution in [0.25, 0.3) is 0 Å². The standard InChI is InChI=1S/C19H29N3OS/c1-20-8-10-21(11-9-20)13-16-4-3-5-18(12-16)19(23)22-7-6-17(14-22)15-24-2/h3-5,12,17H,6-11,13-15H2,1-2H3. The quantitative estimate of drug-likeness (QED) is 0.816. The van der Waals surface area contributed by atoms with Crippen molar-refractivity contribution in [3.63, 3.8) is 0 Å². The van der Waals surface area contributed by atoms with Crippen LogP contribution < -0.4 is 0 Å². The SMILES string of the molecule is CSCC1CCN(C(=O)c2cccc(CN3CCN(C)CC3)c2)C1. The first kappa shape index (κ1) is 17.8. The van der Waals surface area contributed by atoms with Gasteiger partial charge in [0.15, 0.2) is 0 Å². The third-order valence-corrected chi connectivity index (χ3v) is 5.96. The smallest absolute Gasteiger partial charge is 0.253 e. The number of carbonyl (C=O) groups excluding carboxylic acids is 1. The van der Waals surface area contributed by atoms with Gasteiger partial charge in [-0.25, -0.2) is 0 Å². The molecule has 0 aliphatic carbocycles. The largest absolute Gasteiger partial charge is 0.338 e. The van der Waals surface area contributed by atoms with Crippen molar-refractivity contribution in [3.8, 4) is 0 Å². The van der Waals surface area contributed by atoms with E-state index in [9.17, 15) is 4.79 Å². The Morgan fingerprint density at radius 1 is 1.21 bits per heavy atom. The fourth-order valence-electron chi connectivity index (χ4n) is 3.64. The Morgan fingerprint density at radius 2 is 2.00 bits per heavy atom. The summed E-state index contributed by atoms with van der Waals surface area (Å²) >= 11 is 1.88. The van der Waals surface area contributed by atoms with Gasteiger partial charge in [0.1, 0.15) is 0 Å². The summed E-state index contributed by atoms with van der Waals surface area (Å²) in [5.41, 5.74) is 2.11. The number of amides is 1. The second kappa shape index (κ2) is 8.37. The molecule has 2 fully saturated rings. The van der Waals surface area contributed by atoms with Crippen LogP contribution in [-0.4, -0.2) is 78.9 Å². The Bertz CT molecular complexity index is 557. The lowest BCUT2D eigenvalue weighted by Gasteiger charge is -2.32. The molecule has 0 aromatic heterocycles. The number of hydrogen-bond donors (Lipinski definition) is 0. The average Bonchev–Trinajstić information content (AvgIpc) is 3.06. The van der Waals surface area contributed by atoms with E-state index in [0.717, 1.165) is 63.6 Å². The van der Waals surface area contributed by atoms with E-state index in [0.29, 0.717) is 5.92 Å². The highest BCUT2D eigenvalue weighted by atomic mass is 32.2. The lowest BCUT2D eigenvalue weighted by atomic mass is 10.1. The van der Waals surface area contributed by atoms with Crippen molar-refractivity contribution in [2.45, 2.75) is 13.0 Å². The van der Waals surface area contributed by atoms with Crippen molar-refractivity contribution < 1.29 is 4.79 Å². The Hall–Kier alpha value is -1.04. The normalized spacial score (nSPS) is 22.9. The highest BCUT2D eigenvalue weighted by Crippen LogP contribution is 2.22. The van der Waals surface area contributed by atoms with Crippen molar-refractivity contribution in [1.29, 1.82) is 0 Å². The Labute approximate surface area is 150 Å². The maximum absolute atomic E-state index is 12.8. The molecule has 1 unspecified atom stereocenters. The lowest BCUT2D eigenvalue weighted by molar-refractivity contribution is 0.0788. The fraction of sp³-hybridized carbons (Fsp3) is 0.632. The third kappa shape index (κ3) is 4.52. The zero-order chi connectivity index (χ0) is 16.9. The molecule has 1 aromatic carbocycles. The minimum atomic E-state index is 0.207. The van der Waals surface area contributed by atoms with Crippen LogP contribution in [0, 0.1) is 5.92 Å². The van der Waals surface area contributed by atoms with E-state index in [2.05, 4.69) is 35.2 Å². The zero-order valence-corrected chi connectivity index (χ0v) is 15.7. The number of carbonyl (C=O) groups is 1. The fourth-order valence-corrected chi connectivity index (χ4v) is 4.38. The molecule has 1 aromatic rings. The predicted molar refractivity (Wildman–Crippen MR) is 102 cm³/mol. The van der Waals surface area contributed by atoms with Crippen molar-refractivity contribution >= 4 is 17.7 Å². The number of rotatable bonds is 5. The highest BCUT2D eigenvalue weighted by molar-refractivity contribution is 7.98. The molecule has 3 rings (SSSR count). The van der Waals surface area contributed by atoms with Gasteiger partial charge >= 0.3 is 0 Å². The molecular weight excluding hydrogens is 318 g/mol. The monoisotopic (exact) mass is 347 g/mol. The summed E-state index contributed by atoms with van der Waals surface area (Å²) < 4.78 is 0. The zero-order valence-electron chi connectivity index (χ0n) is 14.9. The van der Waals surface area contributed by atoms with Gasteiger partial charge < -0.3 is 9.80 Å². The summed E-state index contributed by atoms with van der Waals surface area (Å²) in [6.07, 6.45) is 3.29. The van der Waals surface area contributed by atoms with E-state index < -0.39 is 0 Å². The van der Waals surface area contributed by atoms with Gasteiger partial charge in [-0.15, -0.1) is 0 Å². The average molecular weight is 348 g/mol. The van der Waals surface area contributed by atoms with E-state index in [4.69, 9.17) is 0 Å². The summed E-state index contributed by atoms with van der Waals surface area (Å²) in [6.45, 7) is 7.25. The van der Waals surface area contributed by atoms with Gasteiger partial charge in [0.05, 0.1) is 0 Å². The lowest BCUT2D eigenvalue weighted by Crippen LogP contribution is -2.43. The van der Waals surface area contributed by atoms with Crippen LogP contribution in [0.2, 0.25) is 0 Å².